The number of aromatic hydroxyl groups is 1. The number of nitrogens with two attached hydrogens (primary N) is 1. The maximum atomic E-state index is 13.0. The van der Waals surface area contributed by atoms with Crippen LogP contribution in [0.2, 0.25) is 0 Å². The summed E-state index contributed by atoms with van der Waals surface area (Å²) in [6, 6.07) is 9.96. The lowest BCUT2D eigenvalue weighted by Crippen LogP contribution is -2.04. The second kappa shape index (κ2) is 6.35. The van der Waals surface area contributed by atoms with Gasteiger partial charge in [0, 0.05) is 24.7 Å². The summed E-state index contributed by atoms with van der Waals surface area (Å²) in [6.45, 7) is 0. The predicted octanol–water partition coefficient (Wildman–Crippen LogP) is 4.57. The first kappa shape index (κ1) is 18.3. The molecule has 0 unspecified atom stereocenters. The molecule has 0 fully saturated rings. The second-order valence-corrected chi connectivity index (χ2v) is 5.90. The second-order valence-electron chi connectivity index (χ2n) is 5.90. The summed E-state index contributed by atoms with van der Waals surface area (Å²) in [4.78, 5) is 10.4. The van der Waals surface area contributed by atoms with Crippen molar-refractivity contribution in [3.8, 4) is 28.1 Å². The SMILES string of the molecule is Cn1c(N)c(-c2cccc(C(F)(F)F)c2)c(O)c1-c1cccc([N+](=O)[O-])c1. The molecular formula is C18H14F3N3O3. The van der Waals surface area contributed by atoms with Crippen LogP contribution < -0.4 is 5.73 Å². The van der Waals surface area contributed by atoms with Gasteiger partial charge >= 0.3 is 6.18 Å². The number of alkyl halides is 3. The van der Waals surface area contributed by atoms with Gasteiger partial charge < -0.3 is 15.4 Å². The molecule has 140 valence electrons. The Bertz CT molecular complexity index is 1040. The summed E-state index contributed by atoms with van der Waals surface area (Å²) < 4.78 is 40.4. The fourth-order valence-electron chi connectivity index (χ4n) is 2.92. The van der Waals surface area contributed by atoms with Crippen molar-refractivity contribution in [2.75, 3.05) is 5.73 Å². The third-order valence-corrected chi connectivity index (χ3v) is 4.22. The first-order chi connectivity index (χ1) is 12.6. The average molecular weight is 377 g/mol. The van der Waals surface area contributed by atoms with E-state index in [0.717, 1.165) is 12.1 Å². The van der Waals surface area contributed by atoms with Gasteiger partial charge in [0.2, 0.25) is 0 Å². The first-order valence-corrected chi connectivity index (χ1v) is 7.71. The van der Waals surface area contributed by atoms with E-state index in [9.17, 15) is 28.4 Å². The molecule has 0 bridgehead atoms. The van der Waals surface area contributed by atoms with Crippen molar-refractivity contribution in [2.24, 2.45) is 7.05 Å². The number of nitrogens with zero attached hydrogens (tertiary/aromatic N) is 2. The van der Waals surface area contributed by atoms with Crippen molar-refractivity contribution >= 4 is 11.5 Å². The van der Waals surface area contributed by atoms with Crippen LogP contribution in [0, 0.1) is 10.1 Å². The zero-order chi connectivity index (χ0) is 19.9. The van der Waals surface area contributed by atoms with Gasteiger partial charge in [-0.15, -0.1) is 0 Å². The van der Waals surface area contributed by atoms with E-state index in [1.807, 2.05) is 0 Å². The van der Waals surface area contributed by atoms with Crippen molar-refractivity contribution in [1.82, 2.24) is 4.57 Å². The van der Waals surface area contributed by atoms with E-state index < -0.39 is 16.7 Å². The summed E-state index contributed by atoms with van der Waals surface area (Å²) >= 11 is 0. The molecule has 9 heteroatoms. The average Bonchev–Trinajstić information content (AvgIpc) is 2.83. The van der Waals surface area contributed by atoms with E-state index in [1.165, 1.54) is 48.0 Å². The Morgan fingerprint density at radius 1 is 1.11 bits per heavy atom. The van der Waals surface area contributed by atoms with E-state index in [2.05, 4.69) is 0 Å². The normalized spacial score (nSPS) is 11.6. The van der Waals surface area contributed by atoms with Crippen LogP contribution in [0.3, 0.4) is 0 Å². The third kappa shape index (κ3) is 3.19. The maximum absolute atomic E-state index is 13.0. The van der Waals surface area contributed by atoms with Crippen LogP contribution in [-0.4, -0.2) is 14.6 Å². The molecule has 3 N–H and O–H groups in total. The largest absolute Gasteiger partial charge is 0.505 e. The van der Waals surface area contributed by atoms with Gasteiger partial charge in [-0.25, -0.2) is 0 Å². The Balaban J connectivity index is 2.20. The summed E-state index contributed by atoms with van der Waals surface area (Å²) in [5.74, 6) is -0.317. The molecule has 6 nitrogen and oxygen atoms in total. The van der Waals surface area contributed by atoms with E-state index in [4.69, 9.17) is 5.73 Å². The van der Waals surface area contributed by atoms with E-state index >= 15 is 0 Å². The van der Waals surface area contributed by atoms with Gasteiger partial charge in [0.05, 0.1) is 21.7 Å². The number of aromatic nitrogens is 1. The molecule has 0 saturated heterocycles. The quantitative estimate of drug-likeness (QED) is 0.516. The molecule has 0 saturated carbocycles. The van der Waals surface area contributed by atoms with Gasteiger partial charge in [0.25, 0.3) is 5.69 Å². The molecule has 27 heavy (non-hydrogen) atoms. The topological polar surface area (TPSA) is 94.3 Å². The van der Waals surface area contributed by atoms with Crippen molar-refractivity contribution in [3.05, 3.63) is 64.2 Å². The van der Waals surface area contributed by atoms with E-state index in [0.29, 0.717) is 5.56 Å². The molecule has 2 aromatic carbocycles. The molecule has 0 spiro atoms. The summed E-state index contributed by atoms with van der Waals surface area (Å²) in [7, 11) is 1.51. The number of nitro benzene ring substituents is 1. The zero-order valence-electron chi connectivity index (χ0n) is 14.0. The first-order valence-electron chi connectivity index (χ1n) is 7.71. The Labute approximate surface area is 151 Å². The number of benzene rings is 2. The third-order valence-electron chi connectivity index (χ3n) is 4.22. The van der Waals surface area contributed by atoms with Gasteiger partial charge in [-0.2, -0.15) is 13.2 Å². The van der Waals surface area contributed by atoms with Gasteiger partial charge in [-0.05, 0) is 17.7 Å². The van der Waals surface area contributed by atoms with Crippen molar-refractivity contribution in [2.45, 2.75) is 6.18 Å². The Kier molecular flexibility index (Phi) is 4.30. The van der Waals surface area contributed by atoms with Gasteiger partial charge in [0.15, 0.2) is 5.75 Å². The molecule has 0 aliphatic heterocycles. The molecule has 3 rings (SSSR count). The van der Waals surface area contributed by atoms with Crippen LogP contribution in [0.5, 0.6) is 5.75 Å². The molecule has 1 heterocycles. The lowest BCUT2D eigenvalue weighted by atomic mass is 10.0. The zero-order valence-corrected chi connectivity index (χ0v) is 14.0. The number of non-ortho nitro benzene ring substituents is 1. The maximum Gasteiger partial charge on any atom is 0.416 e. The lowest BCUT2D eigenvalue weighted by Gasteiger charge is -2.09. The number of nitro groups is 1. The molecule has 1 aromatic heterocycles. The molecular weight excluding hydrogens is 363 g/mol. The monoisotopic (exact) mass is 377 g/mol. The van der Waals surface area contributed by atoms with E-state index in [1.54, 1.807) is 0 Å². The number of nitrogen functional groups attached to an aromatic ring is 1. The smallest absolute Gasteiger partial charge is 0.416 e. The number of hydrogen-bond donors (Lipinski definition) is 2. The molecule has 0 atom stereocenters. The van der Waals surface area contributed by atoms with Crippen molar-refractivity contribution in [3.63, 3.8) is 0 Å². The number of anilines is 1. The molecule has 0 aliphatic carbocycles. The summed E-state index contributed by atoms with van der Waals surface area (Å²) in [5, 5.41) is 21.7. The van der Waals surface area contributed by atoms with Crippen molar-refractivity contribution < 1.29 is 23.2 Å². The minimum Gasteiger partial charge on any atom is -0.505 e. The highest BCUT2D eigenvalue weighted by atomic mass is 19.4. The molecule has 0 radical (unpaired) electrons. The van der Waals surface area contributed by atoms with Crippen LogP contribution in [0.25, 0.3) is 22.4 Å². The summed E-state index contributed by atoms with van der Waals surface area (Å²) in [5.41, 5.74) is 5.56. The Hall–Kier alpha value is -3.49. The highest BCUT2D eigenvalue weighted by Gasteiger charge is 2.31. The minimum absolute atomic E-state index is 0.0325. The van der Waals surface area contributed by atoms with Gasteiger partial charge in [0.1, 0.15) is 5.82 Å². The van der Waals surface area contributed by atoms with Gasteiger partial charge in [-0.3, -0.25) is 10.1 Å². The Morgan fingerprint density at radius 2 is 1.74 bits per heavy atom. The molecule has 0 aliphatic rings. The van der Waals surface area contributed by atoms with Gasteiger partial charge in [-0.1, -0.05) is 24.3 Å². The van der Waals surface area contributed by atoms with Crippen LogP contribution >= 0.6 is 0 Å². The van der Waals surface area contributed by atoms with Crippen LogP contribution in [0.1, 0.15) is 5.56 Å². The molecule has 3 aromatic rings. The van der Waals surface area contributed by atoms with Crippen LogP contribution in [0.15, 0.2) is 48.5 Å². The minimum atomic E-state index is -4.54. The predicted molar refractivity (Wildman–Crippen MR) is 94.0 cm³/mol. The standard InChI is InChI=1S/C18H14F3N3O3/c1-23-15(11-5-3-7-13(9-11)24(26)27)16(25)14(17(23)22)10-4-2-6-12(8-10)18(19,20)21/h2-9,25H,22H2,1H3. The van der Waals surface area contributed by atoms with Crippen LogP contribution in [0.4, 0.5) is 24.7 Å². The van der Waals surface area contributed by atoms with Crippen LogP contribution in [-0.2, 0) is 13.2 Å². The van der Waals surface area contributed by atoms with Crippen molar-refractivity contribution in [1.29, 1.82) is 0 Å². The lowest BCUT2D eigenvalue weighted by molar-refractivity contribution is -0.384. The van der Waals surface area contributed by atoms with E-state index in [-0.39, 0.29) is 34.1 Å². The fraction of sp³-hybridized carbons (Fsp3) is 0.111. The Morgan fingerprint density at radius 3 is 2.37 bits per heavy atom. The number of hydrogen-bond acceptors (Lipinski definition) is 4. The number of halogens is 3. The molecule has 0 amide bonds. The number of rotatable bonds is 3. The highest BCUT2D eigenvalue weighted by Crippen LogP contribution is 2.45. The summed E-state index contributed by atoms with van der Waals surface area (Å²) in [6.07, 6.45) is -4.54. The fourth-order valence-corrected chi connectivity index (χ4v) is 2.92. The highest BCUT2D eigenvalue weighted by molar-refractivity contribution is 5.89.